The van der Waals surface area contributed by atoms with Crippen molar-refractivity contribution in [2.24, 2.45) is 5.92 Å². The normalized spacial score (nSPS) is 18.1. The molecule has 1 heterocycles. The molecule has 0 spiro atoms. The number of amides is 1. The van der Waals surface area contributed by atoms with Crippen molar-refractivity contribution >= 4 is 5.91 Å². The zero-order valence-corrected chi connectivity index (χ0v) is 13.4. The van der Waals surface area contributed by atoms with Gasteiger partial charge >= 0.3 is 6.18 Å². The fourth-order valence-electron chi connectivity index (χ4n) is 2.51. The van der Waals surface area contributed by atoms with Gasteiger partial charge in [0.15, 0.2) is 18.1 Å². The van der Waals surface area contributed by atoms with Crippen LogP contribution in [-0.2, 0) is 11.3 Å². The van der Waals surface area contributed by atoms with Gasteiger partial charge in [0.1, 0.15) is 0 Å². The summed E-state index contributed by atoms with van der Waals surface area (Å²) in [4.78, 5) is 12.1. The highest BCUT2D eigenvalue weighted by molar-refractivity contribution is 5.79. The van der Waals surface area contributed by atoms with E-state index in [9.17, 15) is 18.0 Å². The molecular formula is C16H21F3N2O3. The molecule has 0 saturated carbocycles. The van der Waals surface area contributed by atoms with Crippen LogP contribution in [0.25, 0.3) is 0 Å². The molecule has 1 fully saturated rings. The van der Waals surface area contributed by atoms with E-state index in [2.05, 4.69) is 10.6 Å². The van der Waals surface area contributed by atoms with E-state index < -0.39 is 12.8 Å². The Labute approximate surface area is 138 Å². The molecule has 0 aliphatic carbocycles. The van der Waals surface area contributed by atoms with Crippen LogP contribution in [0.5, 0.6) is 11.5 Å². The molecule has 0 bridgehead atoms. The lowest BCUT2D eigenvalue weighted by Crippen LogP contribution is -2.40. The monoisotopic (exact) mass is 346 g/mol. The van der Waals surface area contributed by atoms with Crippen molar-refractivity contribution in [3.8, 4) is 11.5 Å². The van der Waals surface area contributed by atoms with Gasteiger partial charge in [0.2, 0.25) is 5.91 Å². The molecule has 1 atom stereocenters. The number of rotatable bonds is 6. The van der Waals surface area contributed by atoms with E-state index in [1.165, 1.54) is 13.2 Å². The summed E-state index contributed by atoms with van der Waals surface area (Å²) in [6.45, 7) is 0.499. The van der Waals surface area contributed by atoms with Gasteiger partial charge in [0, 0.05) is 13.1 Å². The largest absolute Gasteiger partial charge is 0.493 e. The highest BCUT2D eigenvalue weighted by atomic mass is 19.4. The van der Waals surface area contributed by atoms with Crippen LogP contribution in [0.4, 0.5) is 13.2 Å². The maximum atomic E-state index is 12.2. The number of hydrogen-bond acceptors (Lipinski definition) is 4. The molecular weight excluding hydrogens is 325 g/mol. The first-order chi connectivity index (χ1) is 11.4. The SMILES string of the molecule is COc1cc(CNC(=O)C2CCCNC2)ccc1OCC(F)(F)F. The third kappa shape index (κ3) is 5.59. The number of ether oxygens (including phenoxy) is 2. The third-order valence-corrected chi connectivity index (χ3v) is 3.75. The second-order valence-corrected chi connectivity index (χ2v) is 5.65. The minimum atomic E-state index is -4.41. The third-order valence-electron chi connectivity index (χ3n) is 3.75. The van der Waals surface area contributed by atoms with Crippen molar-refractivity contribution in [2.45, 2.75) is 25.6 Å². The Kier molecular flexibility index (Phi) is 6.30. The highest BCUT2D eigenvalue weighted by Gasteiger charge is 2.29. The number of methoxy groups -OCH3 is 1. The first-order valence-electron chi connectivity index (χ1n) is 7.74. The molecule has 1 amide bonds. The molecule has 24 heavy (non-hydrogen) atoms. The fraction of sp³-hybridized carbons (Fsp3) is 0.562. The molecule has 134 valence electrons. The summed E-state index contributed by atoms with van der Waals surface area (Å²) >= 11 is 0. The highest BCUT2D eigenvalue weighted by Crippen LogP contribution is 2.29. The molecule has 8 heteroatoms. The van der Waals surface area contributed by atoms with Gasteiger partial charge in [-0.1, -0.05) is 6.07 Å². The topological polar surface area (TPSA) is 59.6 Å². The molecule has 1 aliphatic heterocycles. The summed E-state index contributed by atoms with van der Waals surface area (Å²) in [5.74, 6) is 0.139. The van der Waals surface area contributed by atoms with Crippen LogP contribution in [0.3, 0.4) is 0 Å². The van der Waals surface area contributed by atoms with Crippen molar-refractivity contribution in [3.63, 3.8) is 0 Å². The molecule has 1 aromatic rings. The number of hydrogen-bond donors (Lipinski definition) is 2. The van der Waals surface area contributed by atoms with E-state index in [4.69, 9.17) is 9.47 Å². The van der Waals surface area contributed by atoms with Gasteiger partial charge in [-0.2, -0.15) is 13.2 Å². The van der Waals surface area contributed by atoms with E-state index in [1.54, 1.807) is 12.1 Å². The van der Waals surface area contributed by atoms with Gasteiger partial charge in [-0.15, -0.1) is 0 Å². The van der Waals surface area contributed by atoms with Crippen molar-refractivity contribution in [1.82, 2.24) is 10.6 Å². The molecule has 2 rings (SSSR count). The summed E-state index contributed by atoms with van der Waals surface area (Å²) in [6, 6.07) is 4.58. The molecule has 0 aromatic heterocycles. The van der Waals surface area contributed by atoms with Crippen LogP contribution in [-0.4, -0.2) is 38.9 Å². The van der Waals surface area contributed by atoms with Crippen LogP contribution < -0.4 is 20.1 Å². The van der Waals surface area contributed by atoms with Crippen LogP contribution in [0.15, 0.2) is 18.2 Å². The number of benzene rings is 1. The van der Waals surface area contributed by atoms with Crippen molar-refractivity contribution in [3.05, 3.63) is 23.8 Å². The number of halogens is 3. The van der Waals surface area contributed by atoms with Crippen molar-refractivity contribution in [2.75, 3.05) is 26.8 Å². The first kappa shape index (κ1) is 18.4. The minimum Gasteiger partial charge on any atom is -0.493 e. The van der Waals surface area contributed by atoms with E-state index >= 15 is 0 Å². The second-order valence-electron chi connectivity index (χ2n) is 5.65. The standard InChI is InChI=1S/C16H21F3N2O3/c1-23-14-7-11(4-5-13(14)24-10-16(17,18)19)8-21-15(22)12-3-2-6-20-9-12/h4-5,7,12,20H,2-3,6,8-10H2,1H3,(H,21,22). The molecule has 5 nitrogen and oxygen atoms in total. The molecule has 0 radical (unpaired) electrons. The summed E-state index contributed by atoms with van der Waals surface area (Å²) in [5, 5.41) is 6.02. The Bertz CT molecular complexity index is 558. The summed E-state index contributed by atoms with van der Waals surface area (Å²) in [7, 11) is 1.35. The van der Waals surface area contributed by atoms with Crippen LogP contribution in [0.1, 0.15) is 18.4 Å². The van der Waals surface area contributed by atoms with Crippen LogP contribution in [0.2, 0.25) is 0 Å². The number of alkyl halides is 3. The van der Waals surface area contributed by atoms with E-state index in [0.717, 1.165) is 24.9 Å². The molecule has 1 saturated heterocycles. The lowest BCUT2D eigenvalue weighted by molar-refractivity contribution is -0.153. The quantitative estimate of drug-likeness (QED) is 0.830. The lowest BCUT2D eigenvalue weighted by atomic mass is 9.99. The minimum absolute atomic E-state index is 0.0152. The summed E-state index contributed by atoms with van der Waals surface area (Å²) in [5.41, 5.74) is 0.725. The average molecular weight is 346 g/mol. The predicted octanol–water partition coefficient (Wildman–Crippen LogP) is 2.25. The fourth-order valence-corrected chi connectivity index (χ4v) is 2.51. The van der Waals surface area contributed by atoms with Gasteiger partial charge in [0.05, 0.1) is 13.0 Å². The molecule has 2 N–H and O–H groups in total. The average Bonchev–Trinajstić information content (AvgIpc) is 2.58. The van der Waals surface area contributed by atoms with Crippen LogP contribution in [0, 0.1) is 5.92 Å². The Morgan fingerprint density at radius 1 is 1.38 bits per heavy atom. The summed E-state index contributed by atoms with van der Waals surface area (Å²) in [6.07, 6.45) is -2.59. The number of piperidine rings is 1. The molecule has 1 unspecified atom stereocenters. The zero-order chi connectivity index (χ0) is 17.6. The molecule has 1 aromatic carbocycles. The maximum absolute atomic E-state index is 12.2. The van der Waals surface area contributed by atoms with Gasteiger partial charge in [-0.25, -0.2) is 0 Å². The van der Waals surface area contributed by atoms with Crippen molar-refractivity contribution in [1.29, 1.82) is 0 Å². The first-order valence-corrected chi connectivity index (χ1v) is 7.74. The Balaban J connectivity index is 1.92. The maximum Gasteiger partial charge on any atom is 0.422 e. The number of nitrogens with one attached hydrogen (secondary N) is 2. The van der Waals surface area contributed by atoms with Crippen LogP contribution >= 0.6 is 0 Å². The van der Waals surface area contributed by atoms with E-state index in [0.29, 0.717) is 6.54 Å². The Morgan fingerprint density at radius 2 is 2.17 bits per heavy atom. The summed E-state index contributed by atoms with van der Waals surface area (Å²) < 4.78 is 46.5. The van der Waals surface area contributed by atoms with Gasteiger partial charge < -0.3 is 20.1 Å². The smallest absolute Gasteiger partial charge is 0.422 e. The predicted molar refractivity (Wildman–Crippen MR) is 82.0 cm³/mol. The van der Waals surface area contributed by atoms with E-state index in [-0.39, 0.29) is 29.9 Å². The Morgan fingerprint density at radius 3 is 2.79 bits per heavy atom. The zero-order valence-electron chi connectivity index (χ0n) is 13.4. The van der Waals surface area contributed by atoms with Crippen molar-refractivity contribution < 1.29 is 27.4 Å². The second kappa shape index (κ2) is 8.23. The number of carbonyl (C=O) groups is 1. The molecule has 1 aliphatic rings. The Hall–Kier alpha value is -1.96. The lowest BCUT2D eigenvalue weighted by Gasteiger charge is -2.22. The van der Waals surface area contributed by atoms with Gasteiger partial charge in [-0.3, -0.25) is 4.79 Å². The van der Waals surface area contributed by atoms with Gasteiger partial charge in [-0.05, 0) is 37.1 Å². The van der Waals surface area contributed by atoms with E-state index in [1.807, 2.05) is 0 Å². The number of carbonyl (C=O) groups excluding carboxylic acids is 1. The van der Waals surface area contributed by atoms with Gasteiger partial charge in [0.25, 0.3) is 0 Å².